The molecular formula is C20H21N7OS. The third-order valence-electron chi connectivity index (χ3n) is 4.77. The van der Waals surface area contributed by atoms with Crippen molar-refractivity contribution in [2.45, 2.75) is 32.0 Å². The number of rotatable bonds is 6. The van der Waals surface area contributed by atoms with Gasteiger partial charge in [-0.2, -0.15) is 10.1 Å². The van der Waals surface area contributed by atoms with Crippen molar-refractivity contribution in [3.05, 3.63) is 65.2 Å². The maximum atomic E-state index is 12.7. The molecule has 4 aromatic rings. The Kier molecular flexibility index (Phi) is 5.30. The predicted molar refractivity (Wildman–Crippen MR) is 111 cm³/mol. The second kappa shape index (κ2) is 8.04. The number of thioether (sulfide) groups is 1. The van der Waals surface area contributed by atoms with E-state index in [1.165, 1.54) is 11.8 Å². The molecule has 1 aromatic carbocycles. The Balaban J connectivity index is 1.51. The summed E-state index contributed by atoms with van der Waals surface area (Å²) in [6.07, 6.45) is 5.78. The van der Waals surface area contributed by atoms with Gasteiger partial charge in [-0.05, 0) is 37.8 Å². The highest BCUT2D eigenvalue weighted by Crippen LogP contribution is 2.18. The molecule has 0 aliphatic rings. The summed E-state index contributed by atoms with van der Waals surface area (Å²) in [4.78, 5) is 21.6. The molecule has 0 aliphatic heterocycles. The highest BCUT2D eigenvalue weighted by Gasteiger charge is 2.16. The fourth-order valence-corrected chi connectivity index (χ4v) is 3.58. The van der Waals surface area contributed by atoms with Crippen molar-refractivity contribution in [1.82, 2.24) is 34.7 Å². The Labute approximate surface area is 172 Å². The standard InChI is InChI=1S/C20H21N7OS/c1-13-16(14(2)27-19(23-13)24-20(25-27)29-3)11-18(28)21-12-15-7-4-5-8-17(15)26-10-6-9-22-26/h4-10H,11-12H2,1-3H3,(H,21,28). The highest BCUT2D eigenvalue weighted by atomic mass is 32.2. The van der Waals surface area contributed by atoms with Crippen LogP contribution in [0.25, 0.3) is 11.5 Å². The van der Waals surface area contributed by atoms with E-state index in [2.05, 4.69) is 25.5 Å². The lowest BCUT2D eigenvalue weighted by Gasteiger charge is -2.12. The molecule has 0 fully saturated rings. The molecule has 29 heavy (non-hydrogen) atoms. The zero-order chi connectivity index (χ0) is 20.4. The molecule has 3 aromatic heterocycles. The number of nitrogens with one attached hydrogen (secondary N) is 1. The van der Waals surface area contributed by atoms with Crippen LogP contribution in [0.3, 0.4) is 0 Å². The van der Waals surface area contributed by atoms with Gasteiger partial charge in [0.25, 0.3) is 5.78 Å². The maximum Gasteiger partial charge on any atom is 0.253 e. The lowest BCUT2D eigenvalue weighted by Crippen LogP contribution is -2.26. The van der Waals surface area contributed by atoms with Gasteiger partial charge < -0.3 is 5.32 Å². The first-order valence-corrected chi connectivity index (χ1v) is 10.4. The number of carbonyl (C=O) groups excluding carboxylic acids is 1. The van der Waals surface area contributed by atoms with E-state index in [4.69, 9.17) is 0 Å². The first-order valence-electron chi connectivity index (χ1n) is 9.18. The molecule has 8 nitrogen and oxygen atoms in total. The number of benzene rings is 1. The number of aromatic nitrogens is 6. The first kappa shape index (κ1) is 19.1. The monoisotopic (exact) mass is 407 g/mol. The largest absolute Gasteiger partial charge is 0.352 e. The van der Waals surface area contributed by atoms with Crippen molar-refractivity contribution in [2.24, 2.45) is 0 Å². The van der Waals surface area contributed by atoms with Crippen LogP contribution >= 0.6 is 11.8 Å². The minimum atomic E-state index is -0.0715. The van der Waals surface area contributed by atoms with Gasteiger partial charge in [0.15, 0.2) is 0 Å². The quantitative estimate of drug-likeness (QED) is 0.494. The second-order valence-corrected chi connectivity index (χ2v) is 7.38. The number of aryl methyl sites for hydroxylation is 2. The highest BCUT2D eigenvalue weighted by molar-refractivity contribution is 7.98. The number of hydrogen-bond donors (Lipinski definition) is 1. The van der Waals surface area contributed by atoms with Crippen molar-refractivity contribution in [1.29, 1.82) is 0 Å². The summed E-state index contributed by atoms with van der Waals surface area (Å²) in [5, 5.41) is 12.4. The van der Waals surface area contributed by atoms with E-state index in [1.807, 2.05) is 56.6 Å². The molecule has 0 aliphatic carbocycles. The third-order valence-corrected chi connectivity index (χ3v) is 5.31. The van der Waals surface area contributed by atoms with E-state index >= 15 is 0 Å². The summed E-state index contributed by atoms with van der Waals surface area (Å²) >= 11 is 1.47. The molecule has 0 saturated heterocycles. The van der Waals surface area contributed by atoms with Crippen LogP contribution in [0, 0.1) is 13.8 Å². The Morgan fingerprint density at radius 1 is 1.17 bits per heavy atom. The summed E-state index contributed by atoms with van der Waals surface area (Å²) < 4.78 is 3.50. The molecule has 9 heteroatoms. The Hall–Kier alpha value is -3.20. The van der Waals surface area contributed by atoms with E-state index in [0.29, 0.717) is 17.5 Å². The lowest BCUT2D eigenvalue weighted by atomic mass is 10.1. The molecule has 3 heterocycles. The normalized spacial score (nSPS) is 11.1. The minimum absolute atomic E-state index is 0.0715. The topological polar surface area (TPSA) is 90.0 Å². The van der Waals surface area contributed by atoms with Gasteiger partial charge in [0, 0.05) is 35.9 Å². The van der Waals surface area contributed by atoms with E-state index in [9.17, 15) is 4.79 Å². The van der Waals surface area contributed by atoms with E-state index in [1.54, 1.807) is 15.4 Å². The predicted octanol–water partition coefficient (Wildman–Crippen LogP) is 2.51. The molecule has 0 atom stereocenters. The van der Waals surface area contributed by atoms with Crippen LogP contribution in [-0.4, -0.2) is 41.5 Å². The zero-order valence-electron chi connectivity index (χ0n) is 16.5. The van der Waals surface area contributed by atoms with Crippen LogP contribution < -0.4 is 5.32 Å². The Morgan fingerprint density at radius 3 is 2.76 bits per heavy atom. The van der Waals surface area contributed by atoms with Crippen molar-refractivity contribution < 1.29 is 4.79 Å². The van der Waals surface area contributed by atoms with Gasteiger partial charge >= 0.3 is 0 Å². The summed E-state index contributed by atoms with van der Waals surface area (Å²) in [5.41, 5.74) is 4.48. The van der Waals surface area contributed by atoms with Gasteiger partial charge in [0.2, 0.25) is 11.1 Å². The molecule has 0 radical (unpaired) electrons. The van der Waals surface area contributed by atoms with Gasteiger partial charge in [-0.25, -0.2) is 14.2 Å². The number of carbonyl (C=O) groups is 1. The molecular weight excluding hydrogens is 386 g/mol. The third kappa shape index (κ3) is 3.86. The molecule has 1 amide bonds. The molecule has 4 rings (SSSR count). The van der Waals surface area contributed by atoms with Crippen molar-refractivity contribution in [3.63, 3.8) is 0 Å². The number of nitrogens with zero attached hydrogens (tertiary/aromatic N) is 6. The van der Waals surface area contributed by atoms with Gasteiger partial charge in [-0.1, -0.05) is 30.0 Å². The average molecular weight is 408 g/mol. The summed E-state index contributed by atoms with van der Waals surface area (Å²) in [6, 6.07) is 9.75. The van der Waals surface area contributed by atoms with Crippen molar-refractivity contribution >= 4 is 23.4 Å². The number of hydrogen-bond acceptors (Lipinski definition) is 6. The van der Waals surface area contributed by atoms with Gasteiger partial charge in [-0.3, -0.25) is 4.79 Å². The molecule has 148 valence electrons. The minimum Gasteiger partial charge on any atom is -0.352 e. The Morgan fingerprint density at radius 2 is 2.00 bits per heavy atom. The Bertz CT molecular complexity index is 1170. The van der Waals surface area contributed by atoms with Crippen molar-refractivity contribution in [2.75, 3.05) is 6.26 Å². The average Bonchev–Trinajstić information content (AvgIpc) is 3.39. The first-order chi connectivity index (χ1) is 14.1. The van der Waals surface area contributed by atoms with Crippen LogP contribution in [-0.2, 0) is 17.8 Å². The second-order valence-electron chi connectivity index (χ2n) is 6.60. The molecule has 1 N–H and O–H groups in total. The molecule has 0 spiro atoms. The van der Waals surface area contributed by atoms with Crippen LogP contribution in [0.1, 0.15) is 22.5 Å². The van der Waals surface area contributed by atoms with Crippen LogP contribution in [0.2, 0.25) is 0 Å². The van der Waals surface area contributed by atoms with Crippen LogP contribution in [0.15, 0.2) is 47.9 Å². The molecule has 0 saturated carbocycles. The molecule has 0 bridgehead atoms. The summed E-state index contributed by atoms with van der Waals surface area (Å²) in [5.74, 6) is 0.486. The fourth-order valence-electron chi connectivity index (χ4n) is 3.24. The van der Waals surface area contributed by atoms with E-state index < -0.39 is 0 Å². The lowest BCUT2D eigenvalue weighted by molar-refractivity contribution is -0.120. The SMILES string of the molecule is CSc1nc2nc(C)c(CC(=O)NCc3ccccc3-n3cccn3)c(C)n2n1. The maximum absolute atomic E-state index is 12.7. The fraction of sp³-hybridized carbons (Fsp3) is 0.250. The van der Waals surface area contributed by atoms with Gasteiger partial charge in [-0.15, -0.1) is 5.10 Å². The van der Waals surface area contributed by atoms with Gasteiger partial charge in [0.05, 0.1) is 12.1 Å². The number of amides is 1. The van der Waals surface area contributed by atoms with E-state index in [0.717, 1.165) is 28.2 Å². The van der Waals surface area contributed by atoms with E-state index in [-0.39, 0.29) is 12.3 Å². The zero-order valence-corrected chi connectivity index (χ0v) is 17.3. The number of fused-ring (bicyclic) bond motifs is 1. The van der Waals surface area contributed by atoms with Gasteiger partial charge in [0.1, 0.15) is 0 Å². The molecule has 0 unspecified atom stereocenters. The number of para-hydroxylation sites is 1. The summed E-state index contributed by atoms with van der Waals surface area (Å²) in [6.45, 7) is 4.26. The summed E-state index contributed by atoms with van der Waals surface area (Å²) in [7, 11) is 0. The van der Waals surface area contributed by atoms with Crippen LogP contribution in [0.5, 0.6) is 0 Å². The smallest absolute Gasteiger partial charge is 0.253 e. The van der Waals surface area contributed by atoms with Crippen molar-refractivity contribution in [3.8, 4) is 5.69 Å². The van der Waals surface area contributed by atoms with Crippen LogP contribution in [0.4, 0.5) is 0 Å².